The molecule has 0 saturated heterocycles. The molecule has 3 aromatic heterocycles. The zero-order valence-corrected chi connectivity index (χ0v) is 34.2. The fourth-order valence-corrected chi connectivity index (χ4v) is 8.65. The second-order valence-corrected chi connectivity index (χ2v) is 14.9. The number of fused-ring (bicyclic) bond motifs is 4. The third kappa shape index (κ3) is 6.95. The summed E-state index contributed by atoms with van der Waals surface area (Å²) in [5, 5.41) is 2.35. The largest absolute Gasteiger partial charge is 0.503 e. The first-order chi connectivity index (χ1) is 32.2. The van der Waals surface area contributed by atoms with Crippen LogP contribution in [0.3, 0.4) is 0 Å². The van der Waals surface area contributed by atoms with E-state index in [9.17, 15) is 0 Å². The summed E-state index contributed by atoms with van der Waals surface area (Å²) in [4.78, 5) is 4.83. The van der Waals surface area contributed by atoms with Gasteiger partial charge in [-0.3, -0.25) is 4.57 Å². The minimum atomic E-state index is -0.569. The number of benzene rings is 7. The molecule has 0 fully saturated rings. The Morgan fingerprint density at radius 3 is 2.10 bits per heavy atom. The monoisotopic (exact) mass is 956 g/mol. The van der Waals surface area contributed by atoms with Gasteiger partial charge in [-0.25, -0.2) is 0 Å². The molecule has 0 aliphatic rings. The molecule has 7 aromatic carbocycles. The molecule has 10 rings (SSSR count). The van der Waals surface area contributed by atoms with Crippen molar-refractivity contribution in [2.24, 2.45) is 5.92 Å². The molecule has 0 amide bonds. The van der Waals surface area contributed by atoms with Gasteiger partial charge in [0.25, 0.3) is 6.33 Å². The fourth-order valence-electron chi connectivity index (χ4n) is 7.33. The summed E-state index contributed by atoms with van der Waals surface area (Å²) in [6.07, 6.45) is 6.20. The van der Waals surface area contributed by atoms with Crippen molar-refractivity contribution < 1.29 is 44.1 Å². The van der Waals surface area contributed by atoms with E-state index in [0.29, 0.717) is 34.1 Å². The number of para-hydroxylation sites is 3. The number of pyridine rings is 1. The molecule has 0 bridgehead atoms. The summed E-state index contributed by atoms with van der Waals surface area (Å²) < 4.78 is 98.7. The summed E-state index contributed by atoms with van der Waals surface area (Å²) in [6, 6.07) is 33.3. The average molecular weight is 957 g/mol. The van der Waals surface area contributed by atoms with Gasteiger partial charge in [0, 0.05) is 53.9 Å². The quantitative estimate of drug-likeness (QED) is 0.107. The van der Waals surface area contributed by atoms with E-state index in [0.717, 1.165) is 27.8 Å². The van der Waals surface area contributed by atoms with E-state index in [-0.39, 0.29) is 49.0 Å². The van der Waals surface area contributed by atoms with Crippen LogP contribution in [-0.2, 0) is 27.5 Å². The van der Waals surface area contributed by atoms with Gasteiger partial charge < -0.3 is 14.3 Å². The molecule has 0 unspecified atom stereocenters. The minimum absolute atomic E-state index is 0. The Hall–Kier alpha value is -6.13. The van der Waals surface area contributed by atoms with Crippen molar-refractivity contribution in [1.29, 1.82) is 0 Å². The Morgan fingerprint density at radius 1 is 0.707 bits per heavy atom. The predicted molar refractivity (Wildman–Crippen MR) is 233 cm³/mol. The Balaban J connectivity index is 0.00000578. The van der Waals surface area contributed by atoms with Gasteiger partial charge in [0.1, 0.15) is 0 Å². The van der Waals surface area contributed by atoms with Crippen LogP contribution in [0.1, 0.15) is 33.1 Å². The number of imidazole rings is 1. The van der Waals surface area contributed by atoms with E-state index in [4.69, 9.17) is 23.4 Å². The van der Waals surface area contributed by atoms with Crippen LogP contribution in [0.25, 0.3) is 76.1 Å². The molecule has 10 aromatic rings. The Bertz CT molecular complexity index is 3520. The van der Waals surface area contributed by atoms with Gasteiger partial charge in [-0.2, -0.15) is 12.1 Å². The Kier molecular flexibility index (Phi) is 7.59. The fraction of sp³-hybridized carbons (Fsp3) is 0.0769. The predicted octanol–water partition coefficient (Wildman–Crippen LogP) is 13.1. The molecule has 284 valence electrons. The molecule has 0 radical (unpaired) electrons. The first-order valence-electron chi connectivity index (χ1n) is 23.5. The zero-order chi connectivity index (χ0) is 47.0. The van der Waals surface area contributed by atoms with Crippen molar-refractivity contribution in [3.63, 3.8) is 0 Å². The maximum atomic E-state index is 8.97. The van der Waals surface area contributed by atoms with Crippen molar-refractivity contribution >= 4 is 42.5 Å². The van der Waals surface area contributed by atoms with Gasteiger partial charge in [-0.15, -0.1) is 47.2 Å². The van der Waals surface area contributed by atoms with Crippen molar-refractivity contribution in [1.82, 2.24) is 9.55 Å². The standard InChI is InChI=1S/C52H37N3OS.Pt/c1-35(2)31-39-20-12-26-45-46-29-30-53-49(52(46)57-51(39)45)38-19-11-22-41(32-38)56-42-23-13-21-40(33-42)54-34-55(48-28-10-9-27-47(48)54)50-43(36-15-5-3-6-16-36)24-14-25-44(50)37-17-7-4-8-18-37;/h3-30,35H,31H2,1-2H3;/q-2;/i3D,4D,5D,6D,7D,8D,15D,16D,17D,18D;. The second kappa shape index (κ2) is 16.0. The molecule has 3 heterocycles. The van der Waals surface area contributed by atoms with Gasteiger partial charge in [-0.05, 0) is 62.7 Å². The second-order valence-electron chi connectivity index (χ2n) is 13.9. The van der Waals surface area contributed by atoms with Crippen molar-refractivity contribution in [2.45, 2.75) is 20.3 Å². The first-order valence-corrected chi connectivity index (χ1v) is 19.3. The number of rotatable bonds is 9. The topological polar surface area (TPSA) is 30.9 Å². The van der Waals surface area contributed by atoms with Crippen molar-refractivity contribution in [3.8, 4) is 56.4 Å². The average Bonchev–Trinajstić information content (AvgIpc) is 3.91. The van der Waals surface area contributed by atoms with E-state index in [2.05, 4.69) is 56.6 Å². The van der Waals surface area contributed by atoms with Crippen LogP contribution in [0.5, 0.6) is 11.5 Å². The number of hydrogen-bond acceptors (Lipinski definition) is 3. The molecule has 6 heteroatoms. The molecule has 0 N–H and O–H groups in total. The van der Waals surface area contributed by atoms with Crippen LogP contribution >= 0.6 is 11.3 Å². The van der Waals surface area contributed by atoms with Gasteiger partial charge in [-0.1, -0.05) is 141 Å². The maximum Gasteiger partial charge on any atom is 0.268 e. The number of thiophene rings is 1. The van der Waals surface area contributed by atoms with Crippen LogP contribution < -0.4 is 9.30 Å². The third-order valence-corrected chi connectivity index (χ3v) is 11.0. The third-order valence-electron chi connectivity index (χ3n) is 9.72. The van der Waals surface area contributed by atoms with Crippen LogP contribution in [0, 0.1) is 24.4 Å². The smallest absolute Gasteiger partial charge is 0.268 e. The molecular formula is C52H37N3OPtS-2. The van der Waals surface area contributed by atoms with Gasteiger partial charge >= 0.3 is 0 Å². The van der Waals surface area contributed by atoms with E-state index in [1.165, 1.54) is 15.6 Å². The summed E-state index contributed by atoms with van der Waals surface area (Å²) >= 11 is 1.74. The number of nitrogens with zero attached hydrogens (tertiary/aromatic N) is 3. The summed E-state index contributed by atoms with van der Waals surface area (Å²) in [7, 11) is 0. The van der Waals surface area contributed by atoms with Crippen LogP contribution in [-0.4, -0.2) is 9.55 Å². The summed E-state index contributed by atoms with van der Waals surface area (Å²) in [6.45, 7) is 4.45. The molecule has 0 spiro atoms. The van der Waals surface area contributed by atoms with Crippen LogP contribution in [0.4, 0.5) is 0 Å². The molecule has 0 atom stereocenters. The summed E-state index contributed by atoms with van der Waals surface area (Å²) in [5.74, 6) is 1.33. The maximum absolute atomic E-state index is 8.97. The van der Waals surface area contributed by atoms with Gasteiger partial charge in [0.05, 0.1) is 30.4 Å². The van der Waals surface area contributed by atoms with E-state index in [1.54, 1.807) is 50.8 Å². The molecular weight excluding hydrogens is 910 g/mol. The number of hydrogen-bond donors (Lipinski definition) is 0. The number of ether oxygens (including phenoxy) is 1. The zero-order valence-electron chi connectivity index (χ0n) is 41.2. The molecule has 58 heavy (non-hydrogen) atoms. The summed E-state index contributed by atoms with van der Waals surface area (Å²) in [5.41, 5.74) is 4.76. The molecule has 0 aliphatic heterocycles. The van der Waals surface area contributed by atoms with Crippen LogP contribution in [0.15, 0.2) is 170 Å². The Morgan fingerprint density at radius 2 is 1.36 bits per heavy atom. The van der Waals surface area contributed by atoms with E-state index < -0.39 is 60.4 Å². The Labute approximate surface area is 371 Å². The van der Waals surface area contributed by atoms with E-state index >= 15 is 0 Å². The number of aromatic nitrogens is 3. The molecule has 4 nitrogen and oxygen atoms in total. The van der Waals surface area contributed by atoms with Crippen molar-refractivity contribution in [3.05, 3.63) is 194 Å². The van der Waals surface area contributed by atoms with Gasteiger partial charge in [0.15, 0.2) is 0 Å². The minimum Gasteiger partial charge on any atom is -0.503 e. The SMILES string of the molecule is [2H]c1c([2H])c([2H])c(-c2cccc(-c3c([2H])c([2H])c([2H])c([2H])c3[2H])c2-[n+]2[c-]n(-c3[c-]c(Oc4[c-]c(-c5nccc6c5sc5c(CC(C)C)cccc56)ccc4)ccc3)c3ccccc32)c([2H])c1[2H].[Pt]. The normalized spacial score (nSPS) is 13.8. The van der Waals surface area contributed by atoms with Crippen molar-refractivity contribution in [2.75, 3.05) is 0 Å². The van der Waals surface area contributed by atoms with Gasteiger partial charge in [0.2, 0.25) is 0 Å². The molecule has 0 saturated carbocycles. The molecule has 0 aliphatic carbocycles. The van der Waals surface area contributed by atoms with Crippen LogP contribution in [0.2, 0.25) is 0 Å². The first kappa shape index (κ1) is 27.5. The van der Waals surface area contributed by atoms with E-state index in [1.807, 2.05) is 54.7 Å².